The Morgan fingerprint density at radius 3 is 2.31 bits per heavy atom. The van der Waals surface area contributed by atoms with E-state index in [1.807, 2.05) is 0 Å². The molecule has 0 unspecified atom stereocenters. The highest BCUT2D eigenvalue weighted by Crippen LogP contribution is 2.29. The fraction of sp³-hybridized carbons (Fsp3) is 0.188. The van der Waals surface area contributed by atoms with Gasteiger partial charge in [0.2, 0.25) is 0 Å². The average molecular weight is 387 g/mol. The zero-order chi connectivity index (χ0) is 19.3. The van der Waals surface area contributed by atoms with Crippen LogP contribution in [0.1, 0.15) is 25.6 Å². The van der Waals surface area contributed by atoms with E-state index in [1.54, 1.807) is 5.38 Å². The van der Waals surface area contributed by atoms with E-state index in [0.717, 1.165) is 35.6 Å². The van der Waals surface area contributed by atoms with Gasteiger partial charge in [0.05, 0.1) is 23.9 Å². The molecule has 0 atom stereocenters. The van der Waals surface area contributed by atoms with E-state index in [0.29, 0.717) is 0 Å². The number of benzene rings is 1. The number of hydrogen-bond acceptors (Lipinski definition) is 6. The molecule has 6 nitrogen and oxygen atoms in total. The highest BCUT2D eigenvalue weighted by molar-refractivity contribution is 7.12. The van der Waals surface area contributed by atoms with Gasteiger partial charge < -0.3 is 14.8 Å². The third-order valence-corrected chi connectivity index (χ3v) is 3.99. The summed E-state index contributed by atoms with van der Waals surface area (Å²) in [6, 6.07) is 4.87. The summed E-state index contributed by atoms with van der Waals surface area (Å²) in [6.07, 6.45) is -4.51. The van der Waals surface area contributed by atoms with E-state index < -0.39 is 36.2 Å². The van der Waals surface area contributed by atoms with Crippen LogP contribution in [0.2, 0.25) is 0 Å². The lowest BCUT2D eigenvalue weighted by molar-refractivity contribution is -0.137. The van der Waals surface area contributed by atoms with Crippen LogP contribution >= 0.6 is 11.3 Å². The second kappa shape index (κ2) is 8.00. The molecule has 1 aromatic heterocycles. The highest BCUT2D eigenvalue weighted by Gasteiger charge is 2.30. The lowest BCUT2D eigenvalue weighted by Gasteiger charge is -2.08. The molecule has 0 saturated carbocycles. The summed E-state index contributed by atoms with van der Waals surface area (Å²) < 4.78 is 46.7. The van der Waals surface area contributed by atoms with Crippen LogP contribution in [0, 0.1) is 0 Å². The number of hydrogen-bond donors (Lipinski definition) is 1. The molecule has 0 aliphatic carbocycles. The summed E-state index contributed by atoms with van der Waals surface area (Å²) in [4.78, 5) is 35.3. The standard InChI is InChI=1S/C16H12F3NO5S/c1-24-15(23)13-11(6-7-26-13)20-12(21)8-25-14(22)9-2-4-10(5-3-9)16(17,18)19/h2-7H,8H2,1H3,(H,20,21). The van der Waals surface area contributed by atoms with Crippen LogP contribution in [0.25, 0.3) is 0 Å². The third kappa shape index (κ3) is 4.82. The number of carbonyl (C=O) groups excluding carboxylic acids is 3. The molecular formula is C16H12F3NO5S. The van der Waals surface area contributed by atoms with Gasteiger partial charge in [-0.3, -0.25) is 4.79 Å². The van der Waals surface area contributed by atoms with Gasteiger partial charge in [-0.25, -0.2) is 9.59 Å². The van der Waals surface area contributed by atoms with Crippen molar-refractivity contribution in [2.75, 3.05) is 19.0 Å². The lowest BCUT2D eigenvalue weighted by Crippen LogP contribution is -2.21. The average Bonchev–Trinajstić information content (AvgIpc) is 3.06. The molecule has 2 aromatic rings. The Hall–Kier alpha value is -2.88. The number of amides is 1. The first-order valence-electron chi connectivity index (χ1n) is 7.02. The van der Waals surface area contributed by atoms with Crippen molar-refractivity contribution < 1.29 is 37.0 Å². The van der Waals surface area contributed by atoms with Crippen LogP contribution < -0.4 is 5.32 Å². The van der Waals surface area contributed by atoms with Crippen molar-refractivity contribution in [3.05, 3.63) is 51.7 Å². The Kier molecular flexibility index (Phi) is 5.98. The summed E-state index contributed by atoms with van der Waals surface area (Å²) in [6.45, 7) is -0.670. The van der Waals surface area contributed by atoms with E-state index in [4.69, 9.17) is 4.74 Å². The van der Waals surface area contributed by atoms with Crippen molar-refractivity contribution in [1.82, 2.24) is 0 Å². The normalized spacial score (nSPS) is 10.9. The first-order chi connectivity index (χ1) is 12.2. The van der Waals surface area contributed by atoms with Crippen molar-refractivity contribution in [3.8, 4) is 0 Å². The minimum Gasteiger partial charge on any atom is -0.465 e. The topological polar surface area (TPSA) is 81.7 Å². The Morgan fingerprint density at radius 1 is 1.08 bits per heavy atom. The molecule has 1 amide bonds. The number of anilines is 1. The zero-order valence-electron chi connectivity index (χ0n) is 13.3. The molecule has 0 spiro atoms. The number of halogens is 3. The predicted octanol–water partition coefficient (Wildman–Crippen LogP) is 3.35. The zero-order valence-corrected chi connectivity index (χ0v) is 14.1. The maximum atomic E-state index is 12.5. The molecule has 0 radical (unpaired) electrons. The van der Waals surface area contributed by atoms with Gasteiger partial charge in [0, 0.05) is 0 Å². The molecule has 2 rings (SSSR count). The summed E-state index contributed by atoms with van der Waals surface area (Å²) in [7, 11) is 1.19. The second-order valence-corrected chi connectivity index (χ2v) is 5.77. The van der Waals surface area contributed by atoms with Crippen LogP contribution in [0.15, 0.2) is 35.7 Å². The van der Waals surface area contributed by atoms with Crippen LogP contribution in [0.4, 0.5) is 18.9 Å². The highest BCUT2D eigenvalue weighted by atomic mass is 32.1. The summed E-state index contributed by atoms with van der Waals surface area (Å²) in [5.74, 6) is -2.29. The third-order valence-electron chi connectivity index (χ3n) is 3.09. The molecule has 1 heterocycles. The number of nitrogens with one attached hydrogen (secondary N) is 1. The molecular weight excluding hydrogens is 375 g/mol. The fourth-order valence-electron chi connectivity index (χ4n) is 1.85. The predicted molar refractivity (Wildman–Crippen MR) is 86.0 cm³/mol. The molecule has 1 aromatic carbocycles. The minimum atomic E-state index is -4.51. The van der Waals surface area contributed by atoms with Crippen LogP contribution in [-0.4, -0.2) is 31.6 Å². The number of carbonyl (C=O) groups is 3. The Morgan fingerprint density at radius 2 is 1.73 bits per heavy atom. The number of ether oxygens (including phenoxy) is 2. The van der Waals surface area contributed by atoms with Crippen molar-refractivity contribution in [3.63, 3.8) is 0 Å². The Labute approximate surface area is 149 Å². The first-order valence-corrected chi connectivity index (χ1v) is 7.90. The Balaban J connectivity index is 1.92. The molecule has 0 saturated heterocycles. The summed E-state index contributed by atoms with van der Waals surface area (Å²) in [5, 5.41) is 3.95. The quantitative estimate of drug-likeness (QED) is 0.796. The van der Waals surface area contributed by atoms with Crippen molar-refractivity contribution in [2.24, 2.45) is 0 Å². The molecule has 0 fully saturated rings. The van der Waals surface area contributed by atoms with E-state index in [1.165, 1.54) is 13.2 Å². The van der Waals surface area contributed by atoms with Gasteiger partial charge in [0.25, 0.3) is 5.91 Å². The smallest absolute Gasteiger partial charge is 0.416 e. The van der Waals surface area contributed by atoms with Gasteiger partial charge in [-0.2, -0.15) is 13.2 Å². The molecule has 1 N–H and O–H groups in total. The number of esters is 2. The van der Waals surface area contributed by atoms with Crippen molar-refractivity contribution >= 4 is 34.9 Å². The van der Waals surface area contributed by atoms with Crippen LogP contribution in [-0.2, 0) is 20.4 Å². The molecule has 138 valence electrons. The van der Waals surface area contributed by atoms with Gasteiger partial charge in [-0.1, -0.05) is 0 Å². The van der Waals surface area contributed by atoms with Gasteiger partial charge in [-0.05, 0) is 35.7 Å². The summed E-state index contributed by atoms with van der Waals surface area (Å²) >= 11 is 1.06. The lowest BCUT2D eigenvalue weighted by atomic mass is 10.1. The van der Waals surface area contributed by atoms with E-state index in [-0.39, 0.29) is 16.1 Å². The fourth-order valence-corrected chi connectivity index (χ4v) is 2.62. The summed E-state index contributed by atoms with van der Waals surface area (Å²) in [5.41, 5.74) is -0.825. The van der Waals surface area contributed by atoms with E-state index in [2.05, 4.69) is 10.1 Å². The van der Waals surface area contributed by atoms with Gasteiger partial charge >= 0.3 is 18.1 Å². The minimum absolute atomic E-state index is 0.128. The molecule has 26 heavy (non-hydrogen) atoms. The molecule has 10 heteroatoms. The van der Waals surface area contributed by atoms with Crippen molar-refractivity contribution in [2.45, 2.75) is 6.18 Å². The number of thiophene rings is 1. The Bertz CT molecular complexity index is 814. The molecule has 0 aliphatic heterocycles. The van der Waals surface area contributed by atoms with Gasteiger partial charge in [0.1, 0.15) is 4.88 Å². The second-order valence-electron chi connectivity index (χ2n) is 4.85. The maximum Gasteiger partial charge on any atom is 0.416 e. The largest absolute Gasteiger partial charge is 0.465 e. The SMILES string of the molecule is COC(=O)c1sccc1NC(=O)COC(=O)c1ccc(C(F)(F)F)cc1. The molecule has 0 bridgehead atoms. The number of alkyl halides is 3. The molecule has 0 aliphatic rings. The van der Waals surface area contributed by atoms with Crippen molar-refractivity contribution in [1.29, 1.82) is 0 Å². The van der Waals surface area contributed by atoms with Crippen LogP contribution in [0.3, 0.4) is 0 Å². The van der Waals surface area contributed by atoms with E-state index >= 15 is 0 Å². The number of methoxy groups -OCH3 is 1. The van der Waals surface area contributed by atoms with Gasteiger partial charge in [-0.15, -0.1) is 11.3 Å². The monoisotopic (exact) mass is 387 g/mol. The van der Waals surface area contributed by atoms with E-state index in [9.17, 15) is 27.6 Å². The number of rotatable bonds is 5. The van der Waals surface area contributed by atoms with Crippen LogP contribution in [0.5, 0.6) is 0 Å². The van der Waals surface area contributed by atoms with Gasteiger partial charge in [0.15, 0.2) is 6.61 Å². The maximum absolute atomic E-state index is 12.5. The first kappa shape index (κ1) is 19.4.